The van der Waals surface area contributed by atoms with E-state index in [2.05, 4.69) is 10.3 Å². The van der Waals surface area contributed by atoms with Crippen LogP contribution in [0.3, 0.4) is 0 Å². The number of carbonyl (C=O) groups excluding carboxylic acids is 1. The summed E-state index contributed by atoms with van der Waals surface area (Å²) in [6, 6.07) is 3.27. The molecule has 0 saturated carbocycles. The van der Waals surface area contributed by atoms with Crippen LogP contribution in [0, 0.1) is 12.7 Å². The van der Waals surface area contributed by atoms with Crippen LogP contribution >= 0.6 is 0 Å². The molecule has 1 aromatic rings. The van der Waals surface area contributed by atoms with E-state index >= 15 is 0 Å². The Hall–Kier alpha value is -2.11. The van der Waals surface area contributed by atoms with Gasteiger partial charge in [-0.25, -0.2) is 14.2 Å². The molecule has 6 heteroatoms. The number of guanidine groups is 1. The van der Waals surface area contributed by atoms with Crippen molar-refractivity contribution in [3.05, 3.63) is 29.6 Å². The molecule has 0 atom stereocenters. The minimum atomic E-state index is -0.815. The number of aryl methyl sites for hydroxylation is 1. The highest BCUT2D eigenvalue weighted by Crippen LogP contribution is 2.18. The number of halogens is 1. The second kappa shape index (κ2) is 4.41. The summed E-state index contributed by atoms with van der Waals surface area (Å²) in [5, 5.41) is 2.08. The zero-order valence-corrected chi connectivity index (χ0v) is 8.12. The molecule has 2 amide bonds. The third kappa shape index (κ3) is 3.26. The van der Waals surface area contributed by atoms with Gasteiger partial charge in [-0.3, -0.25) is 5.32 Å². The van der Waals surface area contributed by atoms with E-state index < -0.39 is 11.8 Å². The van der Waals surface area contributed by atoms with Crippen molar-refractivity contribution < 1.29 is 9.18 Å². The Labute approximate surface area is 86.0 Å². The summed E-state index contributed by atoms with van der Waals surface area (Å²) in [7, 11) is 0. The van der Waals surface area contributed by atoms with Gasteiger partial charge in [0, 0.05) is 0 Å². The largest absolute Gasteiger partial charge is 0.369 e. The molecule has 1 rings (SSSR count). The quantitative estimate of drug-likeness (QED) is 0.471. The molecule has 80 valence electrons. The first kappa shape index (κ1) is 11.0. The number of nitrogens with two attached hydrogens (primary N) is 2. The average Bonchev–Trinajstić information content (AvgIpc) is 2.10. The summed E-state index contributed by atoms with van der Waals surface area (Å²) in [5.41, 5.74) is 11.3. The molecule has 0 heterocycles. The van der Waals surface area contributed by atoms with Crippen LogP contribution in [0.1, 0.15) is 5.56 Å². The van der Waals surface area contributed by atoms with Crippen LogP contribution in [0.15, 0.2) is 23.2 Å². The minimum Gasteiger partial charge on any atom is -0.369 e. The number of benzene rings is 1. The molecule has 5 N–H and O–H groups in total. The lowest BCUT2D eigenvalue weighted by Crippen LogP contribution is -2.39. The molecule has 0 spiro atoms. The van der Waals surface area contributed by atoms with E-state index in [1.165, 1.54) is 12.1 Å². The molecule has 0 bridgehead atoms. The molecule has 5 nitrogen and oxygen atoms in total. The van der Waals surface area contributed by atoms with E-state index in [9.17, 15) is 9.18 Å². The molecule has 0 fully saturated rings. The zero-order valence-electron chi connectivity index (χ0n) is 8.12. The average molecular weight is 210 g/mol. The highest BCUT2D eigenvalue weighted by Gasteiger charge is 2.01. The van der Waals surface area contributed by atoms with Crippen LogP contribution in [-0.4, -0.2) is 12.0 Å². The molecular formula is C9H11FN4O. The first-order valence-corrected chi connectivity index (χ1v) is 4.16. The first-order chi connectivity index (χ1) is 6.99. The van der Waals surface area contributed by atoms with Crippen molar-refractivity contribution >= 4 is 17.7 Å². The third-order valence-corrected chi connectivity index (χ3v) is 1.66. The Bertz CT molecular complexity index is 417. The molecule has 1 aromatic carbocycles. The minimum absolute atomic E-state index is 0.170. The Kier molecular flexibility index (Phi) is 3.22. The number of urea groups is 1. The van der Waals surface area contributed by atoms with E-state index in [1.54, 1.807) is 13.0 Å². The molecule has 0 unspecified atom stereocenters. The Morgan fingerprint density at radius 2 is 2.13 bits per heavy atom. The lowest BCUT2D eigenvalue weighted by Gasteiger charge is -2.03. The Morgan fingerprint density at radius 1 is 1.47 bits per heavy atom. The van der Waals surface area contributed by atoms with Gasteiger partial charge in [0.05, 0.1) is 5.69 Å². The fraction of sp³-hybridized carbons (Fsp3) is 0.111. The molecule has 0 aliphatic heterocycles. The lowest BCUT2D eigenvalue weighted by atomic mass is 10.2. The van der Waals surface area contributed by atoms with Crippen molar-refractivity contribution in [2.24, 2.45) is 16.5 Å². The van der Waals surface area contributed by atoms with Crippen molar-refractivity contribution in [3.8, 4) is 0 Å². The van der Waals surface area contributed by atoms with Crippen molar-refractivity contribution in [3.63, 3.8) is 0 Å². The number of hydrogen-bond acceptors (Lipinski definition) is 2. The monoisotopic (exact) mass is 210 g/mol. The van der Waals surface area contributed by atoms with Crippen LogP contribution in [0.5, 0.6) is 0 Å². The topological polar surface area (TPSA) is 93.5 Å². The maximum Gasteiger partial charge on any atom is 0.318 e. The highest BCUT2D eigenvalue weighted by molar-refractivity contribution is 5.95. The summed E-state index contributed by atoms with van der Waals surface area (Å²) in [5.74, 6) is -0.595. The summed E-state index contributed by atoms with van der Waals surface area (Å²) in [4.78, 5) is 14.2. The number of carbonyl (C=O) groups is 1. The van der Waals surface area contributed by atoms with Crippen molar-refractivity contribution in [1.82, 2.24) is 5.32 Å². The standard InChI is InChI=1S/C9H11FN4O/c1-5-2-3-6(10)4-7(5)13-8(11)14-9(12)15/h2-4H,1H3,(H5,11,12,13,14,15). The van der Waals surface area contributed by atoms with Crippen LogP contribution < -0.4 is 16.8 Å². The Balaban J connectivity index is 2.96. The van der Waals surface area contributed by atoms with Gasteiger partial charge in [-0.05, 0) is 24.6 Å². The predicted octanol–water partition coefficient (Wildman–Crippen LogP) is 0.749. The summed E-state index contributed by atoms with van der Waals surface area (Å²) < 4.78 is 12.8. The molecule has 0 aliphatic rings. The zero-order chi connectivity index (χ0) is 11.4. The number of primary amides is 1. The Morgan fingerprint density at radius 3 is 2.73 bits per heavy atom. The fourth-order valence-corrected chi connectivity index (χ4v) is 0.987. The molecule has 15 heavy (non-hydrogen) atoms. The van der Waals surface area contributed by atoms with Crippen LogP contribution in [-0.2, 0) is 0 Å². The van der Waals surface area contributed by atoms with Gasteiger partial charge in [0.15, 0.2) is 0 Å². The van der Waals surface area contributed by atoms with Gasteiger partial charge in [-0.2, -0.15) is 0 Å². The van der Waals surface area contributed by atoms with Gasteiger partial charge in [0.2, 0.25) is 5.96 Å². The summed E-state index contributed by atoms with van der Waals surface area (Å²) in [6.07, 6.45) is 0. The first-order valence-electron chi connectivity index (χ1n) is 4.16. The van der Waals surface area contributed by atoms with E-state index in [1.807, 2.05) is 0 Å². The van der Waals surface area contributed by atoms with Crippen LogP contribution in [0.4, 0.5) is 14.9 Å². The fourth-order valence-electron chi connectivity index (χ4n) is 0.987. The molecule has 0 saturated heterocycles. The maximum absolute atomic E-state index is 12.8. The van der Waals surface area contributed by atoms with Crippen molar-refractivity contribution in [2.45, 2.75) is 6.92 Å². The number of rotatable bonds is 1. The van der Waals surface area contributed by atoms with Gasteiger partial charge >= 0.3 is 6.03 Å². The van der Waals surface area contributed by atoms with Gasteiger partial charge in [-0.1, -0.05) is 6.07 Å². The highest BCUT2D eigenvalue weighted by atomic mass is 19.1. The van der Waals surface area contributed by atoms with E-state index in [0.29, 0.717) is 5.69 Å². The second-order valence-electron chi connectivity index (χ2n) is 2.92. The summed E-state index contributed by atoms with van der Waals surface area (Å²) in [6.45, 7) is 1.75. The number of amides is 2. The molecule has 0 aliphatic carbocycles. The molecule has 0 radical (unpaired) electrons. The number of aliphatic imine (C=N–C) groups is 1. The van der Waals surface area contributed by atoms with Crippen LogP contribution in [0.25, 0.3) is 0 Å². The van der Waals surface area contributed by atoms with E-state index in [4.69, 9.17) is 11.5 Å². The van der Waals surface area contributed by atoms with Gasteiger partial charge in [0.1, 0.15) is 5.82 Å². The SMILES string of the molecule is Cc1ccc(F)cc1N=C(N)NC(N)=O. The summed E-state index contributed by atoms with van der Waals surface area (Å²) >= 11 is 0. The predicted molar refractivity (Wildman–Crippen MR) is 55.1 cm³/mol. The van der Waals surface area contributed by atoms with Gasteiger partial charge in [0.25, 0.3) is 0 Å². The normalized spacial score (nSPS) is 11.2. The second-order valence-corrected chi connectivity index (χ2v) is 2.92. The van der Waals surface area contributed by atoms with E-state index in [-0.39, 0.29) is 5.96 Å². The number of nitrogens with one attached hydrogen (secondary N) is 1. The third-order valence-electron chi connectivity index (χ3n) is 1.66. The number of nitrogens with zero attached hydrogens (tertiary/aromatic N) is 1. The van der Waals surface area contributed by atoms with Crippen molar-refractivity contribution in [1.29, 1.82) is 0 Å². The lowest BCUT2D eigenvalue weighted by molar-refractivity contribution is 0.253. The maximum atomic E-state index is 12.8. The van der Waals surface area contributed by atoms with Gasteiger partial charge < -0.3 is 11.5 Å². The molecular weight excluding hydrogens is 199 g/mol. The number of hydrogen-bond donors (Lipinski definition) is 3. The van der Waals surface area contributed by atoms with Gasteiger partial charge in [-0.15, -0.1) is 0 Å². The van der Waals surface area contributed by atoms with Crippen LogP contribution in [0.2, 0.25) is 0 Å². The van der Waals surface area contributed by atoms with Crippen molar-refractivity contribution in [2.75, 3.05) is 0 Å². The smallest absolute Gasteiger partial charge is 0.318 e. The molecule has 0 aromatic heterocycles. The van der Waals surface area contributed by atoms with E-state index in [0.717, 1.165) is 5.56 Å².